The van der Waals surface area contributed by atoms with Crippen LogP contribution in [0.25, 0.3) is 11.0 Å². The van der Waals surface area contributed by atoms with Crippen LogP contribution in [0, 0.1) is 0 Å². The molecule has 138 valence electrons. The van der Waals surface area contributed by atoms with Gasteiger partial charge in [-0.15, -0.1) is 0 Å². The highest BCUT2D eigenvalue weighted by Crippen LogP contribution is 2.23. The van der Waals surface area contributed by atoms with Crippen molar-refractivity contribution in [3.05, 3.63) is 6.20 Å². The Kier molecular flexibility index (Phi) is 5.77. The standard InChI is InChI=1S/C14H20F3N7O/c1-4-5-18-13-21-8-6-19-12(20-7-9(25)14(15,16)17)22-10(8)11(23-13)24(2)3/h6,9,25H,4-5,7H2,1-3H3,(H,18,21,23)(H,19,20,22). The van der Waals surface area contributed by atoms with Gasteiger partial charge < -0.3 is 20.6 Å². The summed E-state index contributed by atoms with van der Waals surface area (Å²) in [6.07, 6.45) is -4.91. The van der Waals surface area contributed by atoms with Gasteiger partial charge >= 0.3 is 6.18 Å². The van der Waals surface area contributed by atoms with Crippen molar-refractivity contribution in [3.8, 4) is 0 Å². The van der Waals surface area contributed by atoms with Gasteiger partial charge in [-0.2, -0.15) is 18.2 Å². The molecular weight excluding hydrogens is 339 g/mol. The van der Waals surface area contributed by atoms with Crippen molar-refractivity contribution in [2.45, 2.75) is 25.6 Å². The molecular formula is C14H20F3N7O. The van der Waals surface area contributed by atoms with Gasteiger partial charge in [-0.25, -0.2) is 15.0 Å². The lowest BCUT2D eigenvalue weighted by atomic mass is 10.3. The van der Waals surface area contributed by atoms with Crippen molar-refractivity contribution in [3.63, 3.8) is 0 Å². The lowest BCUT2D eigenvalue weighted by molar-refractivity contribution is -0.198. The lowest BCUT2D eigenvalue weighted by Gasteiger charge is -2.17. The Morgan fingerprint density at radius 2 is 1.88 bits per heavy atom. The van der Waals surface area contributed by atoms with Gasteiger partial charge in [0.15, 0.2) is 11.9 Å². The number of anilines is 3. The molecule has 25 heavy (non-hydrogen) atoms. The van der Waals surface area contributed by atoms with Crippen LogP contribution in [-0.4, -0.2) is 64.5 Å². The predicted molar refractivity (Wildman–Crippen MR) is 88.8 cm³/mol. The maximum atomic E-state index is 12.4. The number of alkyl halides is 3. The lowest BCUT2D eigenvalue weighted by Crippen LogP contribution is -2.35. The largest absolute Gasteiger partial charge is 0.416 e. The molecule has 0 radical (unpaired) electrons. The Labute approximate surface area is 142 Å². The molecule has 0 bridgehead atoms. The molecule has 2 aromatic rings. The molecule has 2 rings (SSSR count). The van der Waals surface area contributed by atoms with Crippen molar-refractivity contribution in [1.82, 2.24) is 19.9 Å². The number of halogens is 3. The number of aliphatic hydroxyl groups is 1. The quantitative estimate of drug-likeness (QED) is 0.686. The average molecular weight is 359 g/mol. The summed E-state index contributed by atoms with van der Waals surface area (Å²) in [5.41, 5.74) is 0.852. The van der Waals surface area contributed by atoms with E-state index in [-0.39, 0.29) is 5.95 Å². The summed E-state index contributed by atoms with van der Waals surface area (Å²) < 4.78 is 37.1. The van der Waals surface area contributed by atoms with Crippen molar-refractivity contribution in [2.24, 2.45) is 0 Å². The Balaban J connectivity index is 2.30. The van der Waals surface area contributed by atoms with Crippen LogP contribution in [0.2, 0.25) is 0 Å². The molecule has 2 aromatic heterocycles. The maximum Gasteiger partial charge on any atom is 0.416 e. The summed E-state index contributed by atoms with van der Waals surface area (Å²) in [6.45, 7) is 1.97. The fourth-order valence-electron chi connectivity index (χ4n) is 1.93. The summed E-state index contributed by atoms with van der Waals surface area (Å²) in [6, 6.07) is 0. The van der Waals surface area contributed by atoms with E-state index in [4.69, 9.17) is 5.11 Å². The summed E-state index contributed by atoms with van der Waals surface area (Å²) in [5, 5.41) is 14.5. The van der Waals surface area contributed by atoms with E-state index in [0.29, 0.717) is 29.3 Å². The molecule has 0 aliphatic carbocycles. The fourth-order valence-corrected chi connectivity index (χ4v) is 1.93. The third-order valence-corrected chi connectivity index (χ3v) is 3.21. The second kappa shape index (κ2) is 7.64. The van der Waals surface area contributed by atoms with Crippen molar-refractivity contribution in [1.29, 1.82) is 0 Å². The molecule has 11 heteroatoms. The van der Waals surface area contributed by atoms with E-state index in [1.165, 1.54) is 6.20 Å². The normalized spacial score (nSPS) is 12.9. The number of nitrogens with one attached hydrogen (secondary N) is 2. The summed E-state index contributed by atoms with van der Waals surface area (Å²) >= 11 is 0. The fraction of sp³-hybridized carbons (Fsp3) is 0.571. The van der Waals surface area contributed by atoms with Gasteiger partial charge in [0.25, 0.3) is 0 Å². The van der Waals surface area contributed by atoms with Crippen LogP contribution in [0.4, 0.5) is 30.9 Å². The minimum absolute atomic E-state index is 0.0447. The Bertz CT molecular complexity index is 723. The highest BCUT2D eigenvalue weighted by atomic mass is 19.4. The van der Waals surface area contributed by atoms with Crippen LogP contribution in [0.3, 0.4) is 0 Å². The van der Waals surface area contributed by atoms with Crippen molar-refractivity contribution < 1.29 is 18.3 Å². The third-order valence-electron chi connectivity index (χ3n) is 3.21. The van der Waals surface area contributed by atoms with E-state index in [0.717, 1.165) is 6.42 Å². The summed E-state index contributed by atoms with van der Waals surface area (Å²) in [4.78, 5) is 18.5. The SMILES string of the molecule is CCCNc1nc(N(C)C)c2nc(NCC(O)C(F)(F)F)ncc2n1. The molecule has 2 heterocycles. The van der Waals surface area contributed by atoms with Crippen LogP contribution < -0.4 is 15.5 Å². The van der Waals surface area contributed by atoms with E-state index in [2.05, 4.69) is 30.6 Å². The van der Waals surface area contributed by atoms with Gasteiger partial charge in [0.05, 0.1) is 12.7 Å². The van der Waals surface area contributed by atoms with Gasteiger partial charge in [-0.3, -0.25) is 0 Å². The van der Waals surface area contributed by atoms with Gasteiger partial charge in [0, 0.05) is 20.6 Å². The van der Waals surface area contributed by atoms with E-state index in [1.807, 2.05) is 6.92 Å². The molecule has 0 saturated heterocycles. The topological polar surface area (TPSA) is 99.1 Å². The number of aromatic nitrogens is 4. The molecule has 0 aliphatic heterocycles. The summed E-state index contributed by atoms with van der Waals surface area (Å²) in [5.74, 6) is 0.886. The molecule has 0 fully saturated rings. The second-order valence-corrected chi connectivity index (χ2v) is 5.56. The zero-order valence-corrected chi connectivity index (χ0v) is 14.1. The number of nitrogens with zero attached hydrogens (tertiary/aromatic N) is 5. The first kappa shape index (κ1) is 18.9. The van der Waals surface area contributed by atoms with Gasteiger partial charge in [-0.1, -0.05) is 6.92 Å². The van der Waals surface area contributed by atoms with Crippen molar-refractivity contribution in [2.75, 3.05) is 42.7 Å². The number of rotatable bonds is 7. The van der Waals surface area contributed by atoms with Crippen LogP contribution in [0.5, 0.6) is 0 Å². The maximum absolute atomic E-state index is 12.4. The molecule has 1 atom stereocenters. The first-order chi connectivity index (χ1) is 11.7. The van der Waals surface area contributed by atoms with Crippen molar-refractivity contribution >= 4 is 28.7 Å². The Morgan fingerprint density at radius 1 is 1.16 bits per heavy atom. The number of aliphatic hydroxyl groups excluding tert-OH is 1. The van der Waals surface area contributed by atoms with E-state index in [9.17, 15) is 13.2 Å². The Morgan fingerprint density at radius 3 is 2.48 bits per heavy atom. The Hall–Kier alpha value is -2.43. The zero-order chi connectivity index (χ0) is 18.6. The minimum Gasteiger partial charge on any atom is -0.382 e. The third kappa shape index (κ3) is 4.78. The first-order valence-corrected chi connectivity index (χ1v) is 7.67. The summed E-state index contributed by atoms with van der Waals surface area (Å²) in [7, 11) is 3.54. The van der Waals surface area contributed by atoms with Gasteiger partial charge in [0.2, 0.25) is 11.9 Å². The first-order valence-electron chi connectivity index (χ1n) is 7.67. The highest BCUT2D eigenvalue weighted by molar-refractivity contribution is 5.86. The predicted octanol–water partition coefficient (Wildman–Crippen LogP) is 1.64. The minimum atomic E-state index is -4.71. The second-order valence-electron chi connectivity index (χ2n) is 5.56. The van der Waals surface area contributed by atoms with Crippen LogP contribution in [0.1, 0.15) is 13.3 Å². The smallest absolute Gasteiger partial charge is 0.382 e. The monoisotopic (exact) mass is 359 g/mol. The molecule has 0 spiro atoms. The number of fused-ring (bicyclic) bond motifs is 1. The van der Waals surface area contributed by atoms with E-state index >= 15 is 0 Å². The molecule has 0 saturated carbocycles. The molecule has 0 aromatic carbocycles. The van der Waals surface area contributed by atoms with Gasteiger partial charge in [0.1, 0.15) is 11.0 Å². The zero-order valence-electron chi connectivity index (χ0n) is 14.1. The van der Waals surface area contributed by atoms with E-state index < -0.39 is 18.8 Å². The molecule has 1 unspecified atom stereocenters. The van der Waals surface area contributed by atoms with Crippen LogP contribution in [-0.2, 0) is 0 Å². The van der Waals surface area contributed by atoms with Crippen LogP contribution in [0.15, 0.2) is 6.20 Å². The molecule has 0 amide bonds. The molecule has 0 aliphatic rings. The van der Waals surface area contributed by atoms with E-state index in [1.54, 1.807) is 19.0 Å². The average Bonchev–Trinajstić information content (AvgIpc) is 2.55. The van der Waals surface area contributed by atoms with Gasteiger partial charge in [-0.05, 0) is 6.42 Å². The molecule has 3 N–H and O–H groups in total. The van der Waals surface area contributed by atoms with Crippen LogP contribution >= 0.6 is 0 Å². The molecule has 8 nitrogen and oxygen atoms in total. The number of hydrogen-bond donors (Lipinski definition) is 3. The number of hydrogen-bond acceptors (Lipinski definition) is 8. The highest BCUT2D eigenvalue weighted by Gasteiger charge is 2.38.